The normalized spacial score (nSPS) is 19.7. The molecule has 0 bridgehead atoms. The van der Waals surface area contributed by atoms with Gasteiger partial charge in [-0.2, -0.15) is 5.10 Å². The van der Waals surface area contributed by atoms with Crippen LogP contribution in [-0.4, -0.2) is 43.0 Å². The number of nitrogens with one attached hydrogen (secondary N) is 2. The number of benzene rings is 2. The summed E-state index contributed by atoms with van der Waals surface area (Å²) in [5.41, 5.74) is 7.94. The van der Waals surface area contributed by atoms with Gasteiger partial charge >= 0.3 is 0 Å². The third-order valence-electron chi connectivity index (χ3n) is 5.24. The van der Waals surface area contributed by atoms with Crippen molar-refractivity contribution in [2.75, 3.05) is 12.8 Å². The zero-order valence-electron chi connectivity index (χ0n) is 15.6. The first kappa shape index (κ1) is 20.0. The number of aliphatic hydroxyl groups excluding tert-OH is 1. The second-order valence-corrected chi connectivity index (χ2v) is 9.17. The van der Waals surface area contributed by atoms with Gasteiger partial charge in [-0.1, -0.05) is 17.7 Å². The molecule has 1 fully saturated rings. The SMILES string of the molecule is COc1c(-c2ccc(S(=O)(=O)N[C@@H]3CCC[C@@H]3O)cc2Cl)ccc2[nH]nc(N)c12. The van der Waals surface area contributed by atoms with Gasteiger partial charge in [0.05, 0.1) is 29.0 Å². The number of methoxy groups -OCH3 is 1. The van der Waals surface area contributed by atoms with E-state index in [0.29, 0.717) is 40.9 Å². The Labute approximate surface area is 173 Å². The van der Waals surface area contributed by atoms with Crippen molar-refractivity contribution in [2.24, 2.45) is 0 Å². The Bertz CT molecular complexity index is 1180. The molecule has 4 rings (SSSR count). The highest BCUT2D eigenvalue weighted by atomic mass is 35.5. The Morgan fingerprint density at radius 2 is 2.03 bits per heavy atom. The van der Waals surface area contributed by atoms with Crippen molar-refractivity contribution in [2.45, 2.75) is 36.3 Å². The van der Waals surface area contributed by atoms with E-state index in [2.05, 4.69) is 14.9 Å². The van der Waals surface area contributed by atoms with E-state index in [1.807, 2.05) is 0 Å². The van der Waals surface area contributed by atoms with E-state index in [-0.39, 0.29) is 9.92 Å². The zero-order valence-corrected chi connectivity index (χ0v) is 17.2. The number of nitrogens with zero attached hydrogens (tertiary/aromatic N) is 1. The van der Waals surface area contributed by atoms with Crippen LogP contribution < -0.4 is 15.2 Å². The molecule has 3 aromatic rings. The molecule has 1 aromatic heterocycles. The average Bonchev–Trinajstić information content (AvgIpc) is 3.26. The number of anilines is 1. The summed E-state index contributed by atoms with van der Waals surface area (Å²) in [5.74, 6) is 0.798. The molecule has 0 spiro atoms. The number of nitrogen functional groups attached to an aromatic ring is 1. The number of H-pyrrole nitrogens is 1. The van der Waals surface area contributed by atoms with Crippen LogP contribution in [-0.2, 0) is 10.0 Å². The number of hydrogen-bond acceptors (Lipinski definition) is 6. The Morgan fingerprint density at radius 3 is 2.69 bits per heavy atom. The number of halogens is 1. The lowest BCUT2D eigenvalue weighted by molar-refractivity contribution is 0.159. The van der Waals surface area contributed by atoms with Crippen LogP contribution in [0.25, 0.3) is 22.0 Å². The van der Waals surface area contributed by atoms with Crippen LogP contribution in [0, 0.1) is 0 Å². The third kappa shape index (κ3) is 3.55. The molecule has 0 radical (unpaired) electrons. The predicted octanol–water partition coefficient (Wildman–Crippen LogP) is 2.67. The maximum atomic E-state index is 12.7. The molecule has 5 N–H and O–H groups in total. The molecule has 8 nitrogen and oxygen atoms in total. The monoisotopic (exact) mass is 436 g/mol. The lowest BCUT2D eigenvalue weighted by Gasteiger charge is -2.17. The molecule has 2 aromatic carbocycles. The molecule has 0 unspecified atom stereocenters. The van der Waals surface area contributed by atoms with Crippen LogP contribution in [0.2, 0.25) is 5.02 Å². The number of ether oxygens (including phenoxy) is 1. The molecule has 1 heterocycles. The van der Waals surface area contributed by atoms with Gasteiger partial charge in [-0.15, -0.1) is 0 Å². The van der Waals surface area contributed by atoms with Gasteiger partial charge in [-0.05, 0) is 43.5 Å². The van der Waals surface area contributed by atoms with E-state index in [9.17, 15) is 13.5 Å². The zero-order chi connectivity index (χ0) is 20.8. The van der Waals surface area contributed by atoms with Crippen molar-refractivity contribution < 1.29 is 18.3 Å². The van der Waals surface area contributed by atoms with Gasteiger partial charge in [-0.3, -0.25) is 5.10 Å². The molecule has 2 atom stereocenters. The van der Waals surface area contributed by atoms with Crippen molar-refractivity contribution in [1.29, 1.82) is 0 Å². The molecule has 0 saturated heterocycles. The molecular formula is C19H21ClN4O4S. The van der Waals surface area contributed by atoms with E-state index >= 15 is 0 Å². The van der Waals surface area contributed by atoms with Gasteiger partial charge in [0.25, 0.3) is 0 Å². The predicted molar refractivity (Wildman–Crippen MR) is 111 cm³/mol. The van der Waals surface area contributed by atoms with E-state index in [1.165, 1.54) is 19.2 Å². The van der Waals surface area contributed by atoms with E-state index in [0.717, 1.165) is 11.9 Å². The molecule has 1 aliphatic rings. The summed E-state index contributed by atoms with van der Waals surface area (Å²) in [5, 5.41) is 17.6. The first-order valence-electron chi connectivity index (χ1n) is 9.12. The molecule has 0 aliphatic heterocycles. The number of sulfonamides is 1. The Morgan fingerprint density at radius 1 is 1.28 bits per heavy atom. The van der Waals surface area contributed by atoms with E-state index < -0.39 is 22.2 Å². The van der Waals surface area contributed by atoms with Gasteiger partial charge in [0.1, 0.15) is 5.75 Å². The van der Waals surface area contributed by atoms with Gasteiger partial charge in [0, 0.05) is 22.2 Å². The first-order chi connectivity index (χ1) is 13.8. The highest BCUT2D eigenvalue weighted by Gasteiger charge is 2.30. The van der Waals surface area contributed by atoms with Crippen LogP contribution in [0.15, 0.2) is 35.2 Å². The second-order valence-electron chi connectivity index (χ2n) is 7.05. The van der Waals surface area contributed by atoms with Gasteiger partial charge in [-0.25, -0.2) is 13.1 Å². The van der Waals surface area contributed by atoms with Crippen molar-refractivity contribution in [3.8, 4) is 16.9 Å². The summed E-state index contributed by atoms with van der Waals surface area (Å²) in [6, 6.07) is 7.63. The number of hydrogen-bond donors (Lipinski definition) is 4. The summed E-state index contributed by atoms with van der Waals surface area (Å²) in [6.07, 6.45) is 1.31. The molecule has 0 amide bonds. The van der Waals surface area contributed by atoms with Crippen molar-refractivity contribution >= 4 is 38.3 Å². The number of nitrogens with two attached hydrogens (primary N) is 1. The van der Waals surface area contributed by atoms with Crippen molar-refractivity contribution in [3.05, 3.63) is 35.4 Å². The number of rotatable bonds is 5. The van der Waals surface area contributed by atoms with Gasteiger partial charge in [0.2, 0.25) is 10.0 Å². The fourth-order valence-electron chi connectivity index (χ4n) is 3.76. The molecule has 154 valence electrons. The lowest BCUT2D eigenvalue weighted by atomic mass is 10.0. The van der Waals surface area contributed by atoms with Crippen LogP contribution in [0.5, 0.6) is 5.75 Å². The van der Waals surface area contributed by atoms with Crippen LogP contribution in [0.1, 0.15) is 19.3 Å². The first-order valence-corrected chi connectivity index (χ1v) is 11.0. The summed E-state index contributed by atoms with van der Waals surface area (Å²) >= 11 is 6.46. The third-order valence-corrected chi connectivity index (χ3v) is 7.04. The average molecular weight is 437 g/mol. The summed E-state index contributed by atoms with van der Waals surface area (Å²) < 4.78 is 33.5. The number of aromatic nitrogens is 2. The highest BCUT2D eigenvalue weighted by Crippen LogP contribution is 2.41. The number of aliphatic hydroxyl groups is 1. The van der Waals surface area contributed by atoms with Gasteiger partial charge in [0.15, 0.2) is 5.82 Å². The fraction of sp³-hybridized carbons (Fsp3) is 0.316. The largest absolute Gasteiger partial charge is 0.495 e. The maximum Gasteiger partial charge on any atom is 0.240 e. The minimum Gasteiger partial charge on any atom is -0.495 e. The Kier molecular flexibility index (Phi) is 5.16. The van der Waals surface area contributed by atoms with Crippen molar-refractivity contribution in [3.63, 3.8) is 0 Å². The summed E-state index contributed by atoms with van der Waals surface area (Å²) in [6.45, 7) is 0. The quantitative estimate of drug-likeness (QED) is 0.486. The maximum absolute atomic E-state index is 12.7. The molecule has 10 heteroatoms. The minimum atomic E-state index is -3.81. The number of aromatic amines is 1. The van der Waals surface area contributed by atoms with Crippen LogP contribution in [0.3, 0.4) is 0 Å². The van der Waals surface area contributed by atoms with Crippen LogP contribution in [0.4, 0.5) is 5.82 Å². The molecule has 29 heavy (non-hydrogen) atoms. The van der Waals surface area contributed by atoms with E-state index in [1.54, 1.807) is 18.2 Å². The van der Waals surface area contributed by atoms with Crippen molar-refractivity contribution in [1.82, 2.24) is 14.9 Å². The highest BCUT2D eigenvalue weighted by molar-refractivity contribution is 7.89. The van der Waals surface area contributed by atoms with Crippen LogP contribution >= 0.6 is 11.6 Å². The Hall–Kier alpha value is -2.33. The lowest BCUT2D eigenvalue weighted by Crippen LogP contribution is -2.39. The number of fused-ring (bicyclic) bond motifs is 1. The van der Waals surface area contributed by atoms with Gasteiger partial charge < -0.3 is 15.6 Å². The smallest absolute Gasteiger partial charge is 0.240 e. The minimum absolute atomic E-state index is 0.0354. The fourth-order valence-corrected chi connectivity index (χ4v) is 5.43. The van der Waals surface area contributed by atoms with E-state index in [4.69, 9.17) is 22.1 Å². The topological polar surface area (TPSA) is 130 Å². The Balaban J connectivity index is 1.73. The molecule has 1 aliphatic carbocycles. The molecule has 1 saturated carbocycles. The molecular weight excluding hydrogens is 416 g/mol. The second kappa shape index (κ2) is 7.49. The standard InChI is InChI=1S/C19H21ClN4O4S/c1-28-18-12(7-8-15-17(18)19(21)23-22-15)11-6-5-10(9-13(11)20)29(26,27)24-14-3-2-4-16(14)25/h5-9,14,16,24-25H,2-4H2,1H3,(H3,21,22,23)/t14-,16+/m1/s1. The summed E-state index contributed by atoms with van der Waals surface area (Å²) in [4.78, 5) is 0.0354. The summed E-state index contributed by atoms with van der Waals surface area (Å²) in [7, 11) is -2.28.